The van der Waals surface area contributed by atoms with Gasteiger partial charge in [0, 0.05) is 6.42 Å². The number of aliphatic hydroxyl groups is 1. The summed E-state index contributed by atoms with van der Waals surface area (Å²) in [5, 5.41) is 11.8. The minimum Gasteiger partial charge on any atom is -0.469 e. The Morgan fingerprint density at radius 1 is 1.06 bits per heavy atom. The van der Waals surface area contributed by atoms with Crippen LogP contribution in [0.25, 0.3) is 0 Å². The molecule has 1 aromatic rings. The minimum absolute atomic E-state index is 0.0180. The number of esters is 1. The summed E-state index contributed by atoms with van der Waals surface area (Å²) in [5.74, 6) is 3.51. The van der Waals surface area contributed by atoms with Crippen LogP contribution < -0.4 is 0 Å². The summed E-state index contributed by atoms with van der Waals surface area (Å²) in [6, 6.07) is 10.6. The van der Waals surface area contributed by atoms with E-state index in [0.717, 1.165) is 31.8 Å². The zero-order chi connectivity index (χ0) is 25.5. The Morgan fingerprint density at radius 2 is 1.83 bits per heavy atom. The fraction of sp³-hybridized carbons (Fsp3) is 0.781. The molecule has 0 bridgehead atoms. The first-order valence-electron chi connectivity index (χ1n) is 14.7. The van der Waals surface area contributed by atoms with Gasteiger partial charge in [-0.25, -0.2) is 0 Å². The first kappa shape index (κ1) is 26.2. The smallest absolute Gasteiger partial charge is 0.305 e. The second kappa shape index (κ2) is 10.4. The molecule has 0 amide bonds. The SMILES string of the molecule is COC(=O)CC[C@@H](C)[C@H]1CC[C@H]2[C@@H]3CCC4C[C@H](OCc5ccccc5)CC[C@]4(C)[C@H]3C[C@H](O)[C@]12C. The number of carbonyl (C=O) groups is 1. The number of rotatable bonds is 7. The van der Waals surface area contributed by atoms with E-state index in [1.165, 1.54) is 51.2 Å². The van der Waals surface area contributed by atoms with Gasteiger partial charge < -0.3 is 14.6 Å². The van der Waals surface area contributed by atoms with Gasteiger partial charge in [0.1, 0.15) is 0 Å². The molecular weight excluding hydrogens is 448 g/mol. The van der Waals surface area contributed by atoms with Crippen LogP contribution in [0.3, 0.4) is 0 Å². The van der Waals surface area contributed by atoms with Crippen LogP contribution in [-0.4, -0.2) is 30.4 Å². The van der Waals surface area contributed by atoms with E-state index >= 15 is 0 Å². The van der Waals surface area contributed by atoms with Crippen molar-refractivity contribution in [1.82, 2.24) is 0 Å². The van der Waals surface area contributed by atoms with E-state index in [2.05, 4.69) is 51.1 Å². The van der Waals surface area contributed by atoms with Gasteiger partial charge in [0.25, 0.3) is 0 Å². The first-order chi connectivity index (χ1) is 17.3. The highest BCUT2D eigenvalue weighted by Gasteiger charge is 2.63. The Balaban J connectivity index is 1.25. The summed E-state index contributed by atoms with van der Waals surface area (Å²) < 4.78 is 11.3. The van der Waals surface area contributed by atoms with Crippen molar-refractivity contribution in [3.8, 4) is 0 Å². The van der Waals surface area contributed by atoms with Crippen LogP contribution in [0, 0.1) is 46.3 Å². The van der Waals surface area contributed by atoms with Crippen molar-refractivity contribution in [1.29, 1.82) is 0 Å². The Hall–Kier alpha value is -1.39. The molecule has 5 rings (SSSR count). The number of ether oxygens (including phenoxy) is 2. The standard InChI is InChI=1S/C32H48O4/c1-21(10-15-30(34)35-4)26-13-14-27-25-12-11-23-18-24(36-20-22-8-6-5-7-9-22)16-17-31(23,2)28(25)19-29(33)32(26,27)3/h5-9,21,23-29,33H,10-20H2,1-4H3/t21-,23?,24-,25+,26-,27+,28+,29+,31+,32-/m1/s1. The van der Waals surface area contributed by atoms with E-state index in [4.69, 9.17) is 9.47 Å². The van der Waals surface area contributed by atoms with Gasteiger partial charge in [-0.15, -0.1) is 0 Å². The van der Waals surface area contributed by atoms with Crippen molar-refractivity contribution in [3.63, 3.8) is 0 Å². The van der Waals surface area contributed by atoms with Crippen molar-refractivity contribution < 1.29 is 19.4 Å². The summed E-state index contributed by atoms with van der Waals surface area (Å²) in [4.78, 5) is 11.8. The van der Waals surface area contributed by atoms with Crippen molar-refractivity contribution in [2.24, 2.45) is 46.3 Å². The summed E-state index contributed by atoms with van der Waals surface area (Å²) in [6.45, 7) is 7.97. The molecule has 4 aliphatic carbocycles. The fourth-order valence-corrected chi connectivity index (χ4v) is 9.73. The zero-order valence-electron chi connectivity index (χ0n) is 23.0. The lowest BCUT2D eigenvalue weighted by Gasteiger charge is -2.62. The van der Waals surface area contributed by atoms with Gasteiger partial charge in [-0.1, -0.05) is 51.1 Å². The largest absolute Gasteiger partial charge is 0.469 e. The number of hydrogen-bond acceptors (Lipinski definition) is 4. The summed E-state index contributed by atoms with van der Waals surface area (Å²) in [7, 11) is 1.48. The molecule has 10 atom stereocenters. The number of methoxy groups -OCH3 is 1. The lowest BCUT2D eigenvalue weighted by Crippen LogP contribution is -2.58. The minimum atomic E-state index is -0.237. The highest BCUT2D eigenvalue weighted by molar-refractivity contribution is 5.69. The lowest BCUT2D eigenvalue weighted by molar-refractivity contribution is -0.178. The van der Waals surface area contributed by atoms with Crippen LogP contribution in [0.1, 0.15) is 90.5 Å². The number of carbonyl (C=O) groups excluding carboxylic acids is 1. The topological polar surface area (TPSA) is 55.8 Å². The summed E-state index contributed by atoms with van der Waals surface area (Å²) >= 11 is 0. The highest BCUT2D eigenvalue weighted by Crippen LogP contribution is 2.68. The molecule has 0 aromatic heterocycles. The van der Waals surface area contributed by atoms with E-state index in [0.29, 0.717) is 47.5 Å². The van der Waals surface area contributed by atoms with Gasteiger partial charge in [-0.05, 0) is 110 Å². The van der Waals surface area contributed by atoms with Crippen LogP contribution in [-0.2, 0) is 20.9 Å². The van der Waals surface area contributed by atoms with Crippen LogP contribution in [0.5, 0.6) is 0 Å². The van der Waals surface area contributed by atoms with Crippen LogP contribution in [0.2, 0.25) is 0 Å². The van der Waals surface area contributed by atoms with Gasteiger partial charge in [0.05, 0.1) is 25.9 Å². The Morgan fingerprint density at radius 3 is 2.58 bits per heavy atom. The predicted molar refractivity (Wildman–Crippen MR) is 142 cm³/mol. The zero-order valence-corrected chi connectivity index (χ0v) is 23.0. The first-order valence-corrected chi connectivity index (χ1v) is 14.7. The third kappa shape index (κ3) is 4.55. The third-order valence-electron chi connectivity index (χ3n) is 11.8. The molecule has 4 fully saturated rings. The molecule has 0 heterocycles. The number of aliphatic hydroxyl groups excluding tert-OH is 1. The molecule has 4 saturated carbocycles. The van der Waals surface area contributed by atoms with Gasteiger partial charge in [0.15, 0.2) is 0 Å². The molecule has 0 aliphatic heterocycles. The number of benzene rings is 1. The molecule has 200 valence electrons. The van der Waals surface area contributed by atoms with E-state index in [1.54, 1.807) is 0 Å². The summed E-state index contributed by atoms with van der Waals surface area (Å²) in [5.41, 5.74) is 1.57. The monoisotopic (exact) mass is 496 g/mol. The third-order valence-corrected chi connectivity index (χ3v) is 11.8. The van der Waals surface area contributed by atoms with E-state index in [1.807, 2.05) is 0 Å². The molecule has 0 spiro atoms. The number of fused-ring (bicyclic) bond motifs is 5. The molecule has 4 nitrogen and oxygen atoms in total. The number of hydrogen-bond donors (Lipinski definition) is 1. The molecule has 1 aromatic carbocycles. The predicted octanol–water partition coefficient (Wildman–Crippen LogP) is 6.79. The van der Waals surface area contributed by atoms with Gasteiger partial charge in [-0.2, -0.15) is 0 Å². The van der Waals surface area contributed by atoms with Crippen LogP contribution in [0.4, 0.5) is 0 Å². The molecule has 36 heavy (non-hydrogen) atoms. The lowest BCUT2D eigenvalue weighted by atomic mass is 9.43. The average Bonchev–Trinajstić information content (AvgIpc) is 3.25. The molecule has 0 saturated heterocycles. The second-order valence-corrected chi connectivity index (χ2v) is 13.2. The van der Waals surface area contributed by atoms with Crippen LogP contribution >= 0.6 is 0 Å². The van der Waals surface area contributed by atoms with Crippen molar-refractivity contribution >= 4 is 5.97 Å². The average molecular weight is 497 g/mol. The molecule has 1 unspecified atom stereocenters. The normalized spacial score (nSPS) is 42.6. The maximum absolute atomic E-state index is 11.8. The maximum Gasteiger partial charge on any atom is 0.305 e. The Labute approximate surface area is 218 Å². The fourth-order valence-electron chi connectivity index (χ4n) is 9.73. The van der Waals surface area contributed by atoms with E-state index in [-0.39, 0.29) is 17.5 Å². The van der Waals surface area contributed by atoms with Gasteiger partial charge >= 0.3 is 5.97 Å². The van der Waals surface area contributed by atoms with Crippen LogP contribution in [0.15, 0.2) is 30.3 Å². The molecule has 4 aliphatic rings. The maximum atomic E-state index is 11.8. The Kier molecular flexibility index (Phi) is 7.58. The van der Waals surface area contributed by atoms with Gasteiger partial charge in [0.2, 0.25) is 0 Å². The highest BCUT2D eigenvalue weighted by atomic mass is 16.5. The Bertz CT molecular complexity index is 901. The van der Waals surface area contributed by atoms with E-state index in [9.17, 15) is 9.90 Å². The van der Waals surface area contributed by atoms with Crippen molar-refractivity contribution in [2.45, 2.75) is 104 Å². The molecule has 0 radical (unpaired) electrons. The second-order valence-electron chi connectivity index (χ2n) is 13.2. The summed E-state index contributed by atoms with van der Waals surface area (Å²) in [6.07, 6.45) is 11.1. The molecule has 4 heteroatoms. The van der Waals surface area contributed by atoms with E-state index < -0.39 is 0 Å². The molecule has 1 N–H and O–H groups in total. The van der Waals surface area contributed by atoms with Crippen molar-refractivity contribution in [2.75, 3.05) is 7.11 Å². The van der Waals surface area contributed by atoms with Crippen molar-refractivity contribution in [3.05, 3.63) is 35.9 Å². The van der Waals surface area contributed by atoms with Gasteiger partial charge in [-0.3, -0.25) is 4.79 Å². The molecular formula is C32H48O4. The quantitative estimate of drug-likeness (QED) is 0.422.